The molecule has 0 spiro atoms. The predicted octanol–water partition coefficient (Wildman–Crippen LogP) is 4.23. The molecule has 2 aromatic carbocycles. The summed E-state index contributed by atoms with van der Waals surface area (Å²) in [4.78, 5) is 24.7. The van der Waals surface area contributed by atoms with Gasteiger partial charge in [0.25, 0.3) is 0 Å². The Balaban J connectivity index is 1.57. The Hall–Kier alpha value is -3.00. The summed E-state index contributed by atoms with van der Waals surface area (Å²) in [7, 11) is 0. The maximum absolute atomic E-state index is 12.8. The van der Waals surface area contributed by atoms with E-state index in [0.717, 1.165) is 29.6 Å². The molecule has 156 valence electrons. The van der Waals surface area contributed by atoms with Gasteiger partial charge in [-0.05, 0) is 44.5 Å². The van der Waals surface area contributed by atoms with E-state index in [9.17, 15) is 9.59 Å². The number of nitrogens with zero attached hydrogens (tertiary/aromatic N) is 3. The van der Waals surface area contributed by atoms with Crippen LogP contribution in [-0.2, 0) is 17.9 Å². The highest BCUT2D eigenvalue weighted by Gasteiger charge is 2.19. The Labute approximate surface area is 178 Å². The molecule has 7 nitrogen and oxygen atoms in total. The lowest BCUT2D eigenvalue weighted by Gasteiger charge is -2.12. The molecule has 2 aromatic heterocycles. The van der Waals surface area contributed by atoms with Crippen LogP contribution in [0.5, 0.6) is 0 Å². The summed E-state index contributed by atoms with van der Waals surface area (Å²) in [5.41, 5.74) is 2.85. The molecule has 0 aliphatic carbocycles. The molecule has 1 unspecified atom stereocenters. The second-order valence-electron chi connectivity index (χ2n) is 7.21. The van der Waals surface area contributed by atoms with Crippen molar-refractivity contribution >= 4 is 45.2 Å². The first kappa shape index (κ1) is 20.3. The minimum Gasteiger partial charge on any atom is -0.341 e. The van der Waals surface area contributed by atoms with Crippen LogP contribution in [0, 0.1) is 0 Å². The van der Waals surface area contributed by atoms with Crippen LogP contribution in [0.4, 0.5) is 5.69 Å². The third-order valence-electron chi connectivity index (χ3n) is 5.18. The van der Waals surface area contributed by atoms with E-state index in [4.69, 9.17) is 0 Å². The second kappa shape index (κ2) is 8.39. The lowest BCUT2D eigenvalue weighted by Crippen LogP contribution is -2.24. The number of rotatable bonds is 7. The van der Waals surface area contributed by atoms with E-state index in [0.29, 0.717) is 11.7 Å². The largest absolute Gasteiger partial charge is 0.343 e. The van der Waals surface area contributed by atoms with Gasteiger partial charge in [0.1, 0.15) is 0 Å². The zero-order valence-corrected chi connectivity index (χ0v) is 18.1. The molecule has 0 saturated heterocycles. The van der Waals surface area contributed by atoms with Crippen LogP contribution >= 0.6 is 11.8 Å². The summed E-state index contributed by atoms with van der Waals surface area (Å²) >= 11 is 1.28. The smallest absolute Gasteiger partial charge is 0.341 e. The Morgan fingerprint density at radius 2 is 1.90 bits per heavy atom. The predicted molar refractivity (Wildman–Crippen MR) is 122 cm³/mol. The second-order valence-corrected chi connectivity index (χ2v) is 8.51. The number of para-hydroxylation sites is 1. The standard InChI is InChI=1S/C22H25N5O2S/c1-4-12-27-21(29)24-25-22(27)30-14(3)20(28)23-15-10-11-19-17(13-15)16-8-6-7-9-18(16)26(19)5-2/h6-11,13-14H,4-5,12H2,1-3H3,(H,23,28)(H,24,29). The van der Waals surface area contributed by atoms with Crippen molar-refractivity contribution in [2.24, 2.45) is 0 Å². The van der Waals surface area contributed by atoms with Crippen molar-refractivity contribution in [2.45, 2.75) is 50.7 Å². The Morgan fingerprint density at radius 3 is 2.67 bits per heavy atom. The molecule has 0 radical (unpaired) electrons. The summed E-state index contributed by atoms with van der Waals surface area (Å²) in [6.45, 7) is 7.40. The summed E-state index contributed by atoms with van der Waals surface area (Å²) in [6.07, 6.45) is 0.818. The topological polar surface area (TPSA) is 84.7 Å². The number of nitrogens with one attached hydrogen (secondary N) is 2. The van der Waals surface area contributed by atoms with Gasteiger partial charge in [-0.25, -0.2) is 9.89 Å². The van der Waals surface area contributed by atoms with E-state index in [-0.39, 0.29) is 11.6 Å². The van der Waals surface area contributed by atoms with Crippen molar-refractivity contribution in [2.75, 3.05) is 5.32 Å². The summed E-state index contributed by atoms with van der Waals surface area (Å²) in [6, 6.07) is 14.3. The Kier molecular flexibility index (Phi) is 5.67. The van der Waals surface area contributed by atoms with Gasteiger partial charge in [-0.1, -0.05) is 36.9 Å². The number of thioether (sulfide) groups is 1. The molecular formula is C22H25N5O2S. The maximum Gasteiger partial charge on any atom is 0.343 e. The highest BCUT2D eigenvalue weighted by molar-refractivity contribution is 8.00. The van der Waals surface area contributed by atoms with Gasteiger partial charge in [-0.15, -0.1) is 5.10 Å². The number of anilines is 1. The molecule has 8 heteroatoms. The first-order chi connectivity index (χ1) is 14.5. The van der Waals surface area contributed by atoms with E-state index < -0.39 is 5.25 Å². The van der Waals surface area contributed by atoms with Crippen LogP contribution < -0.4 is 11.0 Å². The number of amides is 1. The SMILES string of the molecule is CCCn1c(SC(C)C(=O)Nc2ccc3c(c2)c2ccccc2n3CC)n[nH]c1=O. The summed E-state index contributed by atoms with van der Waals surface area (Å²) in [5.74, 6) is -0.128. The number of hydrogen-bond acceptors (Lipinski definition) is 4. The third-order valence-corrected chi connectivity index (χ3v) is 6.27. The van der Waals surface area contributed by atoms with Crippen LogP contribution in [0.25, 0.3) is 21.8 Å². The van der Waals surface area contributed by atoms with Gasteiger partial charge < -0.3 is 9.88 Å². The van der Waals surface area contributed by atoms with Crippen LogP contribution in [0.2, 0.25) is 0 Å². The number of benzene rings is 2. The van der Waals surface area contributed by atoms with Crippen LogP contribution in [0.1, 0.15) is 27.2 Å². The van der Waals surface area contributed by atoms with Gasteiger partial charge in [0.05, 0.1) is 5.25 Å². The summed E-state index contributed by atoms with van der Waals surface area (Å²) in [5, 5.41) is 12.0. The van der Waals surface area contributed by atoms with E-state index in [1.165, 1.54) is 22.7 Å². The van der Waals surface area contributed by atoms with Gasteiger partial charge in [0.15, 0.2) is 5.16 Å². The van der Waals surface area contributed by atoms with Gasteiger partial charge in [0, 0.05) is 40.6 Å². The maximum atomic E-state index is 12.8. The molecule has 2 N–H and O–H groups in total. The zero-order chi connectivity index (χ0) is 21.3. The average molecular weight is 424 g/mol. The zero-order valence-electron chi connectivity index (χ0n) is 17.3. The Morgan fingerprint density at radius 1 is 1.13 bits per heavy atom. The molecule has 0 bridgehead atoms. The van der Waals surface area contributed by atoms with Gasteiger partial charge in [0.2, 0.25) is 5.91 Å². The molecule has 1 atom stereocenters. The monoisotopic (exact) mass is 423 g/mol. The van der Waals surface area contributed by atoms with E-state index in [2.05, 4.69) is 45.2 Å². The fourth-order valence-corrected chi connectivity index (χ4v) is 4.62. The number of fused-ring (bicyclic) bond motifs is 3. The van der Waals surface area contributed by atoms with Crippen molar-refractivity contribution in [1.29, 1.82) is 0 Å². The number of hydrogen-bond donors (Lipinski definition) is 2. The van der Waals surface area contributed by atoms with E-state index in [1.54, 1.807) is 4.57 Å². The number of carbonyl (C=O) groups excluding carboxylic acids is 1. The fraction of sp³-hybridized carbons (Fsp3) is 0.318. The van der Waals surface area contributed by atoms with Crippen LogP contribution in [0.3, 0.4) is 0 Å². The van der Waals surface area contributed by atoms with Gasteiger partial charge >= 0.3 is 5.69 Å². The van der Waals surface area contributed by atoms with E-state index in [1.807, 2.05) is 38.1 Å². The van der Waals surface area contributed by atoms with Crippen LogP contribution in [-0.4, -0.2) is 30.5 Å². The third kappa shape index (κ3) is 3.63. The van der Waals surface area contributed by atoms with Crippen molar-refractivity contribution in [3.63, 3.8) is 0 Å². The lowest BCUT2D eigenvalue weighted by atomic mass is 10.1. The number of H-pyrrole nitrogens is 1. The number of aryl methyl sites for hydroxylation is 1. The first-order valence-electron chi connectivity index (χ1n) is 10.2. The van der Waals surface area contributed by atoms with Crippen molar-refractivity contribution in [3.8, 4) is 0 Å². The number of aromatic amines is 1. The van der Waals surface area contributed by atoms with Gasteiger partial charge in [-0.3, -0.25) is 9.36 Å². The van der Waals surface area contributed by atoms with Crippen molar-refractivity contribution < 1.29 is 4.79 Å². The summed E-state index contributed by atoms with van der Waals surface area (Å²) < 4.78 is 3.85. The highest BCUT2D eigenvalue weighted by atomic mass is 32.2. The Bertz CT molecular complexity index is 1270. The molecule has 0 fully saturated rings. The molecule has 2 heterocycles. The van der Waals surface area contributed by atoms with Gasteiger partial charge in [-0.2, -0.15) is 0 Å². The molecule has 30 heavy (non-hydrogen) atoms. The van der Waals surface area contributed by atoms with E-state index >= 15 is 0 Å². The fourth-order valence-electron chi connectivity index (χ4n) is 3.74. The highest BCUT2D eigenvalue weighted by Crippen LogP contribution is 2.31. The van der Waals surface area contributed by atoms with Crippen molar-refractivity contribution in [1.82, 2.24) is 19.3 Å². The lowest BCUT2D eigenvalue weighted by molar-refractivity contribution is -0.115. The number of aromatic nitrogens is 4. The van der Waals surface area contributed by atoms with Crippen LogP contribution in [0.15, 0.2) is 52.4 Å². The average Bonchev–Trinajstić information content (AvgIpc) is 3.25. The number of carbonyl (C=O) groups is 1. The molecule has 0 aliphatic heterocycles. The first-order valence-corrected chi connectivity index (χ1v) is 11.0. The molecule has 1 amide bonds. The molecular weight excluding hydrogens is 398 g/mol. The molecule has 0 saturated carbocycles. The molecule has 4 aromatic rings. The quantitative estimate of drug-likeness (QED) is 0.436. The minimum atomic E-state index is -0.400. The molecule has 0 aliphatic rings. The van der Waals surface area contributed by atoms with Crippen molar-refractivity contribution in [3.05, 3.63) is 52.9 Å². The molecule has 4 rings (SSSR count). The minimum absolute atomic E-state index is 0.128. The normalized spacial score (nSPS) is 12.5.